The summed E-state index contributed by atoms with van der Waals surface area (Å²) < 4.78 is 4.57. The third kappa shape index (κ3) is 6.54. The molecule has 0 rings (SSSR count). The Hall–Kier alpha value is -0.610. The van der Waals surface area contributed by atoms with Gasteiger partial charge in [0, 0.05) is 19.1 Å². The van der Waals surface area contributed by atoms with Crippen LogP contribution in [0, 0.1) is 0 Å². The minimum Gasteiger partial charge on any atom is -0.468 e. The lowest BCUT2D eigenvalue weighted by Crippen LogP contribution is -2.40. The van der Waals surface area contributed by atoms with Gasteiger partial charge < -0.3 is 15.4 Å². The van der Waals surface area contributed by atoms with Gasteiger partial charge in [-0.1, -0.05) is 13.8 Å². The van der Waals surface area contributed by atoms with E-state index >= 15 is 0 Å². The smallest absolute Gasteiger partial charge is 0.322 e. The maximum Gasteiger partial charge on any atom is 0.322 e. The highest BCUT2D eigenvalue weighted by Crippen LogP contribution is 1.84. The Balaban J connectivity index is 3.37. The van der Waals surface area contributed by atoms with E-state index in [9.17, 15) is 4.79 Å². The van der Waals surface area contributed by atoms with E-state index in [1.54, 1.807) is 6.92 Å². The molecule has 0 aromatic rings. The number of carbonyl (C=O) groups is 1. The SMILES string of the molecule is COC(=O)C(C)NCCNC(C)C. The molecule has 0 bridgehead atoms. The Morgan fingerprint density at radius 1 is 1.23 bits per heavy atom. The number of ether oxygens (including phenoxy) is 1. The minimum absolute atomic E-state index is 0.218. The van der Waals surface area contributed by atoms with Gasteiger partial charge in [0.15, 0.2) is 0 Å². The Kier molecular flexibility index (Phi) is 6.54. The number of nitrogens with one attached hydrogen (secondary N) is 2. The van der Waals surface area contributed by atoms with Crippen molar-refractivity contribution in [3.63, 3.8) is 0 Å². The van der Waals surface area contributed by atoms with Gasteiger partial charge in [0.05, 0.1) is 7.11 Å². The lowest BCUT2D eigenvalue weighted by molar-refractivity contribution is -0.142. The van der Waals surface area contributed by atoms with Crippen LogP contribution < -0.4 is 10.6 Å². The highest BCUT2D eigenvalue weighted by Gasteiger charge is 2.10. The van der Waals surface area contributed by atoms with Gasteiger partial charge in [0.2, 0.25) is 0 Å². The molecule has 0 saturated carbocycles. The van der Waals surface area contributed by atoms with Gasteiger partial charge in [-0.05, 0) is 6.92 Å². The van der Waals surface area contributed by atoms with Crippen molar-refractivity contribution in [1.82, 2.24) is 10.6 Å². The molecule has 2 N–H and O–H groups in total. The van der Waals surface area contributed by atoms with Crippen LogP contribution in [-0.2, 0) is 9.53 Å². The van der Waals surface area contributed by atoms with Crippen molar-refractivity contribution in [2.24, 2.45) is 0 Å². The van der Waals surface area contributed by atoms with Gasteiger partial charge >= 0.3 is 5.97 Å². The van der Waals surface area contributed by atoms with E-state index in [1.807, 2.05) is 0 Å². The zero-order valence-electron chi connectivity index (χ0n) is 8.89. The first-order valence-electron chi connectivity index (χ1n) is 4.62. The van der Waals surface area contributed by atoms with E-state index in [0.29, 0.717) is 6.04 Å². The summed E-state index contributed by atoms with van der Waals surface area (Å²) in [6.45, 7) is 7.60. The Bertz CT molecular complexity index is 149. The van der Waals surface area contributed by atoms with Crippen molar-refractivity contribution < 1.29 is 9.53 Å². The number of methoxy groups -OCH3 is 1. The van der Waals surface area contributed by atoms with E-state index < -0.39 is 0 Å². The summed E-state index contributed by atoms with van der Waals surface area (Å²) in [4.78, 5) is 10.9. The lowest BCUT2D eigenvalue weighted by Gasteiger charge is -2.12. The Morgan fingerprint density at radius 2 is 1.77 bits per heavy atom. The maximum atomic E-state index is 10.9. The highest BCUT2D eigenvalue weighted by molar-refractivity contribution is 5.74. The number of hydrogen-bond donors (Lipinski definition) is 2. The average Bonchev–Trinajstić information content (AvgIpc) is 2.10. The van der Waals surface area contributed by atoms with Crippen LogP contribution >= 0.6 is 0 Å². The molecular weight excluding hydrogens is 168 g/mol. The summed E-state index contributed by atoms with van der Waals surface area (Å²) in [5.74, 6) is -0.218. The molecule has 0 fully saturated rings. The van der Waals surface area contributed by atoms with E-state index in [-0.39, 0.29) is 12.0 Å². The van der Waals surface area contributed by atoms with Crippen molar-refractivity contribution in [2.75, 3.05) is 20.2 Å². The average molecular weight is 188 g/mol. The standard InChI is InChI=1S/C9H20N2O2/c1-7(2)10-5-6-11-8(3)9(12)13-4/h7-8,10-11H,5-6H2,1-4H3. The fourth-order valence-electron chi connectivity index (χ4n) is 0.910. The van der Waals surface area contributed by atoms with Gasteiger partial charge in [-0.15, -0.1) is 0 Å². The first-order valence-corrected chi connectivity index (χ1v) is 4.62. The number of carbonyl (C=O) groups excluding carboxylic acids is 1. The zero-order valence-corrected chi connectivity index (χ0v) is 8.89. The second-order valence-corrected chi connectivity index (χ2v) is 3.31. The Labute approximate surface area is 80.0 Å². The molecule has 0 heterocycles. The van der Waals surface area contributed by atoms with Crippen molar-refractivity contribution in [3.05, 3.63) is 0 Å². The number of rotatable bonds is 6. The molecule has 0 amide bonds. The van der Waals surface area contributed by atoms with Crippen LogP contribution in [0.2, 0.25) is 0 Å². The molecule has 0 spiro atoms. The molecule has 78 valence electrons. The third-order valence-electron chi connectivity index (χ3n) is 1.68. The monoisotopic (exact) mass is 188 g/mol. The van der Waals surface area contributed by atoms with Crippen LogP contribution in [0.25, 0.3) is 0 Å². The fraction of sp³-hybridized carbons (Fsp3) is 0.889. The molecule has 0 radical (unpaired) electrons. The summed E-state index contributed by atoms with van der Waals surface area (Å²) in [5, 5.41) is 6.29. The first-order chi connectivity index (χ1) is 6.07. The van der Waals surface area contributed by atoms with E-state index in [2.05, 4.69) is 29.2 Å². The van der Waals surface area contributed by atoms with Crippen LogP contribution in [0.4, 0.5) is 0 Å². The molecular formula is C9H20N2O2. The van der Waals surface area contributed by atoms with Gasteiger partial charge in [0.25, 0.3) is 0 Å². The molecule has 4 heteroatoms. The van der Waals surface area contributed by atoms with Crippen molar-refractivity contribution in [1.29, 1.82) is 0 Å². The lowest BCUT2D eigenvalue weighted by atomic mass is 10.3. The second kappa shape index (κ2) is 6.86. The van der Waals surface area contributed by atoms with Crippen molar-refractivity contribution in [2.45, 2.75) is 32.9 Å². The Morgan fingerprint density at radius 3 is 2.23 bits per heavy atom. The van der Waals surface area contributed by atoms with Crippen LogP contribution in [0.15, 0.2) is 0 Å². The molecule has 0 aliphatic rings. The summed E-state index contributed by atoms with van der Waals surface area (Å²) in [5.41, 5.74) is 0. The van der Waals surface area contributed by atoms with Crippen LogP contribution in [0.3, 0.4) is 0 Å². The number of esters is 1. The molecule has 1 unspecified atom stereocenters. The molecule has 0 aliphatic heterocycles. The zero-order chi connectivity index (χ0) is 10.3. The summed E-state index contributed by atoms with van der Waals surface area (Å²) in [7, 11) is 1.40. The highest BCUT2D eigenvalue weighted by atomic mass is 16.5. The topological polar surface area (TPSA) is 50.4 Å². The summed E-state index contributed by atoms with van der Waals surface area (Å²) >= 11 is 0. The molecule has 1 atom stereocenters. The molecule has 0 aromatic heterocycles. The van der Waals surface area contributed by atoms with Gasteiger partial charge in [-0.25, -0.2) is 0 Å². The van der Waals surface area contributed by atoms with Crippen LogP contribution in [-0.4, -0.2) is 38.3 Å². The predicted molar refractivity (Wildman–Crippen MR) is 52.6 cm³/mol. The molecule has 13 heavy (non-hydrogen) atoms. The predicted octanol–water partition coefficient (Wildman–Crippen LogP) is 0.135. The fourth-order valence-corrected chi connectivity index (χ4v) is 0.910. The van der Waals surface area contributed by atoms with E-state index in [4.69, 9.17) is 0 Å². The van der Waals surface area contributed by atoms with E-state index in [1.165, 1.54) is 7.11 Å². The normalized spacial score (nSPS) is 13.0. The van der Waals surface area contributed by atoms with E-state index in [0.717, 1.165) is 13.1 Å². The van der Waals surface area contributed by atoms with Crippen LogP contribution in [0.1, 0.15) is 20.8 Å². The number of hydrogen-bond acceptors (Lipinski definition) is 4. The minimum atomic E-state index is -0.223. The largest absolute Gasteiger partial charge is 0.468 e. The maximum absolute atomic E-state index is 10.9. The van der Waals surface area contributed by atoms with Crippen molar-refractivity contribution in [3.8, 4) is 0 Å². The van der Waals surface area contributed by atoms with Crippen molar-refractivity contribution >= 4 is 5.97 Å². The van der Waals surface area contributed by atoms with Gasteiger partial charge in [-0.2, -0.15) is 0 Å². The summed E-state index contributed by atoms with van der Waals surface area (Å²) in [6, 6.07) is 0.259. The quantitative estimate of drug-likeness (QED) is 0.460. The van der Waals surface area contributed by atoms with Gasteiger partial charge in [-0.3, -0.25) is 4.79 Å². The molecule has 0 saturated heterocycles. The third-order valence-corrected chi connectivity index (χ3v) is 1.68. The second-order valence-electron chi connectivity index (χ2n) is 3.31. The molecule has 4 nitrogen and oxygen atoms in total. The van der Waals surface area contributed by atoms with Crippen LogP contribution in [0.5, 0.6) is 0 Å². The first kappa shape index (κ1) is 12.4. The molecule has 0 aromatic carbocycles. The molecule has 0 aliphatic carbocycles. The summed E-state index contributed by atoms with van der Waals surface area (Å²) in [6.07, 6.45) is 0. The van der Waals surface area contributed by atoms with Gasteiger partial charge in [0.1, 0.15) is 6.04 Å².